The maximum absolute atomic E-state index is 12.7. The Kier molecular flexibility index (Phi) is 3.23. The predicted octanol–water partition coefficient (Wildman–Crippen LogP) is 4.01. The molecule has 4 nitrogen and oxygen atoms in total. The average molecular weight is 304 g/mol. The van der Waals surface area contributed by atoms with E-state index < -0.39 is 5.41 Å². The number of nitrogens with one attached hydrogen (secondary N) is 1. The van der Waals surface area contributed by atoms with Crippen molar-refractivity contribution in [3.8, 4) is 11.3 Å². The lowest BCUT2D eigenvalue weighted by Gasteiger charge is -2.12. The highest BCUT2D eigenvalue weighted by Crippen LogP contribution is 2.49. The Morgan fingerprint density at radius 2 is 1.65 bits per heavy atom. The average Bonchev–Trinajstić information content (AvgIpc) is 3.27. The Hall–Kier alpha value is -2.88. The number of rotatable bonds is 4. The molecular formula is C19H16N2O2. The molecule has 1 heterocycles. The largest absolute Gasteiger partial charge is 0.356 e. The summed E-state index contributed by atoms with van der Waals surface area (Å²) in [6.45, 7) is 0. The first kappa shape index (κ1) is 13.8. The van der Waals surface area contributed by atoms with Gasteiger partial charge in [-0.05, 0) is 25.0 Å². The van der Waals surface area contributed by atoms with Gasteiger partial charge in [0.2, 0.25) is 5.91 Å². The van der Waals surface area contributed by atoms with Crippen molar-refractivity contribution in [1.82, 2.24) is 5.16 Å². The van der Waals surface area contributed by atoms with Gasteiger partial charge in [-0.1, -0.05) is 53.7 Å². The zero-order valence-electron chi connectivity index (χ0n) is 12.5. The molecule has 4 heteroatoms. The van der Waals surface area contributed by atoms with Gasteiger partial charge < -0.3 is 9.84 Å². The molecule has 1 aromatic heterocycles. The highest BCUT2D eigenvalue weighted by molar-refractivity contribution is 6.01. The van der Waals surface area contributed by atoms with Crippen LogP contribution in [0.25, 0.3) is 11.3 Å². The summed E-state index contributed by atoms with van der Waals surface area (Å²) in [5.74, 6) is 0.677. The summed E-state index contributed by atoms with van der Waals surface area (Å²) in [6.07, 6.45) is 1.60. The van der Waals surface area contributed by atoms with Crippen molar-refractivity contribution in [3.63, 3.8) is 0 Å². The Morgan fingerprint density at radius 1 is 1.00 bits per heavy atom. The van der Waals surface area contributed by atoms with Crippen LogP contribution in [0.5, 0.6) is 0 Å². The number of benzene rings is 2. The van der Waals surface area contributed by atoms with Gasteiger partial charge in [0.1, 0.15) is 0 Å². The zero-order valence-corrected chi connectivity index (χ0v) is 12.5. The molecule has 0 spiro atoms. The Bertz CT molecular complexity index is 821. The first-order valence-corrected chi connectivity index (χ1v) is 7.67. The fraction of sp³-hybridized carbons (Fsp3) is 0.158. The van der Waals surface area contributed by atoms with Gasteiger partial charge in [0.15, 0.2) is 5.76 Å². The minimum absolute atomic E-state index is 0.0170. The molecule has 0 aliphatic heterocycles. The number of amides is 1. The quantitative estimate of drug-likeness (QED) is 0.792. The molecule has 1 aliphatic carbocycles. The lowest BCUT2D eigenvalue weighted by Crippen LogP contribution is -2.28. The lowest BCUT2D eigenvalue weighted by atomic mass is 10.00. The number of carbonyl (C=O) groups excluding carboxylic acids is 1. The molecule has 0 saturated heterocycles. The molecule has 0 bridgehead atoms. The summed E-state index contributed by atoms with van der Waals surface area (Å²) in [5, 5.41) is 7.13. The van der Waals surface area contributed by atoms with Crippen molar-refractivity contribution >= 4 is 11.6 Å². The van der Waals surface area contributed by atoms with Crippen molar-refractivity contribution in [2.24, 2.45) is 0 Å². The van der Waals surface area contributed by atoms with Gasteiger partial charge in [-0.25, -0.2) is 0 Å². The molecule has 1 saturated carbocycles. The molecule has 0 atom stereocenters. The van der Waals surface area contributed by atoms with Crippen LogP contribution in [0.3, 0.4) is 0 Å². The van der Waals surface area contributed by atoms with E-state index in [1.165, 1.54) is 0 Å². The van der Waals surface area contributed by atoms with Crippen LogP contribution in [0, 0.1) is 0 Å². The second-order valence-corrected chi connectivity index (χ2v) is 5.84. The number of carbonyl (C=O) groups is 1. The second kappa shape index (κ2) is 5.39. The highest BCUT2D eigenvalue weighted by Gasteiger charge is 2.53. The molecule has 1 fully saturated rings. The first-order chi connectivity index (χ1) is 11.3. The van der Waals surface area contributed by atoms with Crippen molar-refractivity contribution in [2.45, 2.75) is 18.3 Å². The van der Waals surface area contributed by atoms with Gasteiger partial charge in [0, 0.05) is 17.3 Å². The number of anilines is 1. The molecule has 3 aromatic rings. The third kappa shape index (κ3) is 2.52. The van der Waals surface area contributed by atoms with Crippen LogP contribution in [0.4, 0.5) is 5.69 Å². The molecule has 1 aliphatic rings. The first-order valence-electron chi connectivity index (χ1n) is 7.67. The standard InChI is InChI=1S/C19H16N2O2/c22-18(20-15-9-5-2-6-10-15)19(11-12-19)17-13-16(23-21-17)14-7-3-1-4-8-14/h1-10,13H,11-12H2,(H,20,22). The summed E-state index contributed by atoms with van der Waals surface area (Å²) in [6, 6.07) is 21.2. The predicted molar refractivity (Wildman–Crippen MR) is 87.9 cm³/mol. The maximum atomic E-state index is 12.7. The van der Waals surface area contributed by atoms with Crippen molar-refractivity contribution in [3.05, 3.63) is 72.4 Å². The molecule has 1 amide bonds. The molecule has 4 rings (SSSR count). The summed E-state index contributed by atoms with van der Waals surface area (Å²) in [5.41, 5.74) is 1.93. The third-order valence-electron chi connectivity index (χ3n) is 4.28. The number of aromatic nitrogens is 1. The van der Waals surface area contributed by atoms with E-state index >= 15 is 0 Å². The molecule has 0 radical (unpaired) electrons. The van der Waals surface area contributed by atoms with E-state index in [2.05, 4.69) is 10.5 Å². The Balaban J connectivity index is 1.58. The summed E-state index contributed by atoms with van der Waals surface area (Å²) in [4.78, 5) is 12.7. The summed E-state index contributed by atoms with van der Waals surface area (Å²) in [7, 11) is 0. The molecule has 1 N–H and O–H groups in total. The second-order valence-electron chi connectivity index (χ2n) is 5.84. The summed E-state index contributed by atoms with van der Waals surface area (Å²) < 4.78 is 5.45. The SMILES string of the molecule is O=C(Nc1ccccc1)C1(c2cc(-c3ccccc3)on2)CC1. The summed E-state index contributed by atoms with van der Waals surface area (Å²) >= 11 is 0. The molecule has 2 aromatic carbocycles. The number of hydrogen-bond acceptors (Lipinski definition) is 3. The smallest absolute Gasteiger partial charge is 0.236 e. The van der Waals surface area contributed by atoms with Crippen LogP contribution in [-0.4, -0.2) is 11.1 Å². The molecule has 23 heavy (non-hydrogen) atoms. The van der Waals surface area contributed by atoms with Crippen LogP contribution in [-0.2, 0) is 10.2 Å². The topological polar surface area (TPSA) is 55.1 Å². The minimum atomic E-state index is -0.549. The van der Waals surface area contributed by atoms with E-state index in [1.807, 2.05) is 66.7 Å². The van der Waals surface area contributed by atoms with Crippen molar-refractivity contribution in [2.75, 3.05) is 5.32 Å². The number of hydrogen-bond donors (Lipinski definition) is 1. The van der Waals surface area contributed by atoms with Crippen LogP contribution in [0.2, 0.25) is 0 Å². The van der Waals surface area contributed by atoms with Gasteiger partial charge in [-0.15, -0.1) is 0 Å². The van der Waals surface area contributed by atoms with E-state index in [0.29, 0.717) is 11.5 Å². The van der Waals surface area contributed by atoms with Crippen LogP contribution >= 0.6 is 0 Å². The third-order valence-corrected chi connectivity index (χ3v) is 4.28. The lowest BCUT2D eigenvalue weighted by molar-refractivity contribution is -0.118. The van der Waals surface area contributed by atoms with E-state index in [0.717, 1.165) is 24.1 Å². The molecular weight excluding hydrogens is 288 g/mol. The number of nitrogens with zero attached hydrogens (tertiary/aromatic N) is 1. The van der Waals surface area contributed by atoms with Crippen molar-refractivity contribution in [1.29, 1.82) is 0 Å². The van der Waals surface area contributed by atoms with E-state index in [9.17, 15) is 4.79 Å². The molecule has 0 unspecified atom stereocenters. The van der Waals surface area contributed by atoms with Crippen LogP contribution in [0.15, 0.2) is 71.3 Å². The van der Waals surface area contributed by atoms with Gasteiger partial charge in [-0.2, -0.15) is 0 Å². The number of para-hydroxylation sites is 1. The minimum Gasteiger partial charge on any atom is -0.356 e. The van der Waals surface area contributed by atoms with Gasteiger partial charge in [0.05, 0.1) is 11.1 Å². The zero-order chi connectivity index (χ0) is 15.7. The van der Waals surface area contributed by atoms with E-state index in [-0.39, 0.29) is 5.91 Å². The van der Waals surface area contributed by atoms with Gasteiger partial charge in [0.25, 0.3) is 0 Å². The highest BCUT2D eigenvalue weighted by atomic mass is 16.5. The molecule has 114 valence electrons. The normalized spacial score (nSPS) is 15.1. The maximum Gasteiger partial charge on any atom is 0.236 e. The Labute approximate surface area is 134 Å². The van der Waals surface area contributed by atoms with Crippen LogP contribution in [0.1, 0.15) is 18.5 Å². The van der Waals surface area contributed by atoms with Crippen LogP contribution < -0.4 is 5.32 Å². The van der Waals surface area contributed by atoms with E-state index in [1.54, 1.807) is 0 Å². The van der Waals surface area contributed by atoms with Gasteiger partial charge >= 0.3 is 0 Å². The van der Waals surface area contributed by atoms with Gasteiger partial charge in [-0.3, -0.25) is 4.79 Å². The monoisotopic (exact) mass is 304 g/mol. The van der Waals surface area contributed by atoms with E-state index in [4.69, 9.17) is 4.52 Å². The Morgan fingerprint density at radius 3 is 2.30 bits per heavy atom. The fourth-order valence-corrected chi connectivity index (χ4v) is 2.74. The van der Waals surface area contributed by atoms with Crippen molar-refractivity contribution < 1.29 is 9.32 Å². The fourth-order valence-electron chi connectivity index (χ4n) is 2.74.